The van der Waals surface area contributed by atoms with Crippen molar-refractivity contribution in [2.75, 3.05) is 6.61 Å². The maximum Gasteiger partial charge on any atom is 0.343 e. The number of rotatable bonds is 5. The third-order valence-corrected chi connectivity index (χ3v) is 4.12. The van der Waals surface area contributed by atoms with Crippen LogP contribution in [0.2, 0.25) is 5.02 Å². The number of aromatic nitrogens is 2. The molecule has 0 atom stereocenters. The molecule has 2 aromatic carbocycles. The number of aliphatic hydroxyl groups excluding tert-OH is 1. The molecular weight excluding hydrogens is 366 g/mol. The molecule has 7 heteroatoms. The number of allylic oxidation sites excluding steroid dienone is 1. The fourth-order valence-electron chi connectivity index (χ4n) is 2.53. The van der Waals surface area contributed by atoms with Crippen LogP contribution in [-0.2, 0) is 9.53 Å². The zero-order valence-corrected chi connectivity index (χ0v) is 15.6. The van der Waals surface area contributed by atoms with E-state index in [1.54, 1.807) is 19.3 Å². The number of nitrogens with zero attached hydrogens (tertiary/aromatic N) is 3. The Bertz CT molecular complexity index is 1030. The molecule has 6 nitrogen and oxygen atoms in total. The van der Waals surface area contributed by atoms with Crippen LogP contribution in [0, 0.1) is 0 Å². The van der Waals surface area contributed by atoms with E-state index in [2.05, 4.69) is 9.98 Å². The molecule has 0 fully saturated rings. The summed E-state index contributed by atoms with van der Waals surface area (Å²) in [5.74, 6) is -0.764. The molecule has 0 unspecified atom stereocenters. The van der Waals surface area contributed by atoms with Crippen molar-refractivity contribution in [1.82, 2.24) is 9.55 Å². The summed E-state index contributed by atoms with van der Waals surface area (Å²) in [7, 11) is 0. The number of ether oxygens (including phenoxy) is 1. The summed E-state index contributed by atoms with van der Waals surface area (Å²) in [6, 6.07) is 13.0. The Morgan fingerprint density at radius 2 is 2.04 bits per heavy atom. The van der Waals surface area contributed by atoms with Crippen molar-refractivity contribution in [1.29, 1.82) is 0 Å². The van der Waals surface area contributed by atoms with Crippen LogP contribution in [-0.4, -0.2) is 33.4 Å². The van der Waals surface area contributed by atoms with E-state index in [4.69, 9.17) is 16.3 Å². The van der Waals surface area contributed by atoms with E-state index in [-0.39, 0.29) is 17.9 Å². The van der Waals surface area contributed by atoms with Gasteiger partial charge in [-0.25, -0.2) is 9.78 Å². The average molecular weight is 384 g/mol. The third-order valence-electron chi connectivity index (χ3n) is 3.86. The topological polar surface area (TPSA) is 76.7 Å². The number of carbonyl (C=O) groups excluding carboxylic acids is 1. The lowest BCUT2D eigenvalue weighted by molar-refractivity contribution is -0.138. The molecule has 0 aliphatic heterocycles. The molecule has 0 aliphatic rings. The molecule has 0 aliphatic carbocycles. The molecule has 138 valence electrons. The summed E-state index contributed by atoms with van der Waals surface area (Å²) in [6.45, 7) is 3.33. The van der Waals surface area contributed by atoms with E-state index < -0.39 is 5.97 Å². The van der Waals surface area contributed by atoms with Crippen molar-refractivity contribution >= 4 is 40.5 Å². The van der Waals surface area contributed by atoms with Gasteiger partial charge in [-0.2, -0.15) is 0 Å². The van der Waals surface area contributed by atoms with Crippen molar-refractivity contribution in [3.63, 3.8) is 0 Å². The van der Waals surface area contributed by atoms with Crippen molar-refractivity contribution in [3.05, 3.63) is 65.1 Å². The van der Waals surface area contributed by atoms with Crippen molar-refractivity contribution in [2.24, 2.45) is 4.99 Å². The van der Waals surface area contributed by atoms with Gasteiger partial charge in [0.25, 0.3) is 0 Å². The number of aliphatic hydroxyl groups is 1. The standard InChI is InChI=1S/C20H18ClN3O3/c1-3-27-20(26)17(13(2)25)11-22-15-6-9-19-18(10-15)23-12-24(19)16-7-4-14(21)5-8-16/h4-12,25H,3H2,1-2H3/b17-13-,22-11?. The first kappa shape index (κ1) is 18.7. The van der Waals surface area contributed by atoms with Gasteiger partial charge >= 0.3 is 5.97 Å². The summed E-state index contributed by atoms with van der Waals surface area (Å²) in [5, 5.41) is 10.3. The van der Waals surface area contributed by atoms with Crippen molar-refractivity contribution in [2.45, 2.75) is 13.8 Å². The van der Waals surface area contributed by atoms with Crippen LogP contribution in [0.5, 0.6) is 0 Å². The first-order valence-corrected chi connectivity index (χ1v) is 8.71. The molecule has 1 N–H and O–H groups in total. The lowest BCUT2D eigenvalue weighted by Gasteiger charge is -2.05. The zero-order valence-electron chi connectivity index (χ0n) is 14.9. The average Bonchev–Trinajstić information content (AvgIpc) is 3.06. The van der Waals surface area contributed by atoms with Crippen LogP contribution < -0.4 is 0 Å². The molecule has 0 spiro atoms. The van der Waals surface area contributed by atoms with Gasteiger partial charge in [0.2, 0.25) is 0 Å². The SMILES string of the molecule is CCOC(=O)/C(C=Nc1ccc2c(c1)ncn2-c1ccc(Cl)cc1)=C(/C)O. The van der Waals surface area contributed by atoms with E-state index >= 15 is 0 Å². The first-order chi connectivity index (χ1) is 13.0. The predicted molar refractivity (Wildman–Crippen MR) is 106 cm³/mol. The van der Waals surface area contributed by atoms with Gasteiger partial charge < -0.3 is 9.84 Å². The monoisotopic (exact) mass is 383 g/mol. The molecule has 0 bridgehead atoms. The van der Waals surface area contributed by atoms with Crippen LogP contribution in [0.4, 0.5) is 5.69 Å². The smallest absolute Gasteiger partial charge is 0.343 e. The third kappa shape index (κ3) is 4.17. The van der Waals surface area contributed by atoms with E-state index in [1.807, 2.05) is 41.0 Å². The van der Waals surface area contributed by atoms with Gasteiger partial charge in [-0.3, -0.25) is 9.56 Å². The summed E-state index contributed by atoms with van der Waals surface area (Å²) in [4.78, 5) is 20.5. The lowest BCUT2D eigenvalue weighted by Crippen LogP contribution is -2.10. The van der Waals surface area contributed by atoms with Gasteiger partial charge in [0.1, 0.15) is 17.7 Å². The van der Waals surface area contributed by atoms with Crippen LogP contribution in [0.1, 0.15) is 13.8 Å². The second kappa shape index (κ2) is 8.05. The van der Waals surface area contributed by atoms with Gasteiger partial charge in [-0.1, -0.05) is 11.6 Å². The van der Waals surface area contributed by atoms with E-state index in [0.29, 0.717) is 10.7 Å². The van der Waals surface area contributed by atoms with Crippen LogP contribution >= 0.6 is 11.6 Å². The molecule has 3 aromatic rings. The molecule has 0 radical (unpaired) electrons. The Morgan fingerprint density at radius 1 is 1.30 bits per heavy atom. The van der Waals surface area contributed by atoms with Crippen LogP contribution in [0.25, 0.3) is 16.7 Å². The van der Waals surface area contributed by atoms with Gasteiger partial charge in [0, 0.05) is 16.9 Å². The largest absolute Gasteiger partial charge is 0.512 e. The van der Waals surface area contributed by atoms with E-state index in [0.717, 1.165) is 16.7 Å². The van der Waals surface area contributed by atoms with Gasteiger partial charge in [0.15, 0.2) is 0 Å². The second-order valence-corrected chi connectivity index (χ2v) is 6.18. The second-order valence-electron chi connectivity index (χ2n) is 5.74. The summed E-state index contributed by atoms with van der Waals surface area (Å²) < 4.78 is 6.86. The Morgan fingerprint density at radius 3 is 2.70 bits per heavy atom. The Kier molecular flexibility index (Phi) is 5.57. The normalized spacial score (nSPS) is 12.4. The lowest BCUT2D eigenvalue weighted by atomic mass is 10.2. The molecule has 1 aromatic heterocycles. The summed E-state index contributed by atoms with van der Waals surface area (Å²) >= 11 is 5.94. The van der Waals surface area contributed by atoms with Gasteiger partial charge in [-0.15, -0.1) is 0 Å². The number of halogens is 1. The molecule has 0 saturated carbocycles. The van der Waals surface area contributed by atoms with Crippen molar-refractivity contribution in [3.8, 4) is 5.69 Å². The maximum absolute atomic E-state index is 11.8. The number of benzene rings is 2. The van der Waals surface area contributed by atoms with E-state index in [9.17, 15) is 9.90 Å². The van der Waals surface area contributed by atoms with E-state index in [1.165, 1.54) is 13.1 Å². The molecule has 1 heterocycles. The van der Waals surface area contributed by atoms with Crippen LogP contribution in [0.3, 0.4) is 0 Å². The van der Waals surface area contributed by atoms with Crippen LogP contribution in [0.15, 0.2) is 65.1 Å². The fourth-order valence-corrected chi connectivity index (χ4v) is 2.66. The maximum atomic E-state index is 11.8. The molecule has 27 heavy (non-hydrogen) atoms. The number of hydrogen-bond acceptors (Lipinski definition) is 5. The number of carbonyl (C=O) groups is 1. The zero-order chi connectivity index (χ0) is 19.4. The minimum atomic E-state index is -0.616. The predicted octanol–water partition coefficient (Wildman–Crippen LogP) is 4.78. The summed E-state index contributed by atoms with van der Waals surface area (Å²) in [5.41, 5.74) is 3.23. The van der Waals surface area contributed by atoms with Crippen molar-refractivity contribution < 1.29 is 14.6 Å². The Balaban J connectivity index is 1.90. The van der Waals surface area contributed by atoms with Gasteiger partial charge in [0.05, 0.1) is 23.3 Å². The summed E-state index contributed by atoms with van der Waals surface area (Å²) in [6.07, 6.45) is 3.02. The van der Waals surface area contributed by atoms with Gasteiger partial charge in [-0.05, 0) is 56.3 Å². The Labute approximate surface area is 161 Å². The first-order valence-electron chi connectivity index (χ1n) is 8.33. The number of aliphatic imine (C=N–C) groups is 1. The Hall–Kier alpha value is -3.12. The number of esters is 1. The minimum Gasteiger partial charge on any atom is -0.512 e. The highest BCUT2D eigenvalue weighted by molar-refractivity contribution is 6.30. The number of hydrogen-bond donors (Lipinski definition) is 1. The molecular formula is C20H18ClN3O3. The fraction of sp³-hybridized carbons (Fsp3) is 0.150. The highest BCUT2D eigenvalue weighted by Gasteiger charge is 2.12. The molecule has 0 saturated heterocycles. The highest BCUT2D eigenvalue weighted by Crippen LogP contribution is 2.24. The highest BCUT2D eigenvalue weighted by atomic mass is 35.5. The molecule has 0 amide bonds. The molecule has 3 rings (SSSR count). The minimum absolute atomic E-state index is 0.0173. The quantitative estimate of drug-likeness (QED) is 0.298. The number of fused-ring (bicyclic) bond motifs is 1. The number of imidazole rings is 1.